The summed E-state index contributed by atoms with van der Waals surface area (Å²) in [5.74, 6) is 0.622. The molecule has 5 nitrogen and oxygen atoms in total. The van der Waals surface area contributed by atoms with E-state index < -0.39 is 5.79 Å². The molecule has 0 unspecified atom stereocenters. The molecule has 1 aliphatic rings. The number of ether oxygens (including phenoxy) is 4. The highest BCUT2D eigenvalue weighted by Crippen LogP contribution is 2.38. The van der Waals surface area contributed by atoms with Crippen molar-refractivity contribution in [3.63, 3.8) is 0 Å². The van der Waals surface area contributed by atoms with Gasteiger partial charge in [0.25, 0.3) is 0 Å². The van der Waals surface area contributed by atoms with E-state index in [-0.39, 0.29) is 11.2 Å². The molecule has 0 aliphatic carbocycles. The topological polar surface area (TPSA) is 54.0 Å². The first-order valence-corrected chi connectivity index (χ1v) is 11.6. The number of benzene rings is 2. The molecule has 1 saturated heterocycles. The zero-order valence-electron chi connectivity index (χ0n) is 18.1. The lowest BCUT2D eigenvalue weighted by Crippen LogP contribution is -2.28. The van der Waals surface area contributed by atoms with Crippen LogP contribution < -0.4 is 4.74 Å². The number of methoxy groups -OCH3 is 1. The van der Waals surface area contributed by atoms with Crippen LogP contribution in [0, 0.1) is 0 Å². The zero-order chi connectivity index (χ0) is 21.9. The van der Waals surface area contributed by atoms with E-state index in [0.717, 1.165) is 23.5 Å². The summed E-state index contributed by atoms with van der Waals surface area (Å²) < 4.78 is 22.4. The highest BCUT2D eigenvalue weighted by Gasteiger charge is 2.38. The molecule has 0 amide bonds. The zero-order valence-corrected chi connectivity index (χ0v) is 18.9. The summed E-state index contributed by atoms with van der Waals surface area (Å²) in [5.41, 5.74) is 2.23. The van der Waals surface area contributed by atoms with Gasteiger partial charge in [0, 0.05) is 29.1 Å². The molecular formula is C25H30O5S. The predicted octanol–water partition coefficient (Wildman–Crippen LogP) is 5.10. The van der Waals surface area contributed by atoms with Crippen molar-refractivity contribution >= 4 is 17.7 Å². The van der Waals surface area contributed by atoms with Gasteiger partial charge in [-0.2, -0.15) is 0 Å². The fraction of sp³-hybridized carbons (Fsp3) is 0.400. The van der Waals surface area contributed by atoms with Crippen molar-refractivity contribution in [2.75, 3.05) is 26.9 Å². The van der Waals surface area contributed by atoms with Crippen LogP contribution in [0.15, 0.2) is 66.7 Å². The van der Waals surface area contributed by atoms with Crippen LogP contribution in [0.25, 0.3) is 0 Å². The van der Waals surface area contributed by atoms with E-state index in [1.807, 2.05) is 48.5 Å². The molecule has 166 valence electrons. The normalized spacial score (nSPS) is 16.3. The van der Waals surface area contributed by atoms with Crippen LogP contribution in [0.1, 0.15) is 30.9 Å². The second-order valence-corrected chi connectivity index (χ2v) is 8.39. The van der Waals surface area contributed by atoms with E-state index >= 15 is 0 Å². The van der Waals surface area contributed by atoms with Crippen LogP contribution in [-0.2, 0) is 30.5 Å². The summed E-state index contributed by atoms with van der Waals surface area (Å²) in [5, 5.41) is 0.111. The maximum absolute atomic E-state index is 11.9. The Bertz CT molecular complexity index is 829. The molecular weight excluding hydrogens is 412 g/mol. The summed E-state index contributed by atoms with van der Waals surface area (Å²) in [6, 6.07) is 18.1. The van der Waals surface area contributed by atoms with E-state index in [1.54, 1.807) is 25.8 Å². The smallest absolute Gasteiger partial charge is 0.330 e. The lowest BCUT2D eigenvalue weighted by Gasteiger charge is -2.29. The van der Waals surface area contributed by atoms with Crippen molar-refractivity contribution in [1.29, 1.82) is 0 Å². The van der Waals surface area contributed by atoms with Crippen LogP contribution in [0.3, 0.4) is 0 Å². The van der Waals surface area contributed by atoms with Crippen LogP contribution in [0.2, 0.25) is 0 Å². The van der Waals surface area contributed by atoms with Crippen molar-refractivity contribution in [2.45, 2.75) is 36.6 Å². The summed E-state index contributed by atoms with van der Waals surface area (Å²) in [7, 11) is 1.66. The van der Waals surface area contributed by atoms with Gasteiger partial charge in [-0.15, -0.1) is 11.8 Å². The number of rotatable bonds is 11. The van der Waals surface area contributed by atoms with Gasteiger partial charge in [-0.25, -0.2) is 4.79 Å². The minimum absolute atomic E-state index is 0.111. The highest BCUT2D eigenvalue weighted by molar-refractivity contribution is 7.99. The molecule has 2 aromatic carbocycles. The predicted molar refractivity (Wildman–Crippen MR) is 123 cm³/mol. The van der Waals surface area contributed by atoms with Crippen LogP contribution in [0.5, 0.6) is 5.75 Å². The van der Waals surface area contributed by atoms with Gasteiger partial charge in [0.05, 0.1) is 26.9 Å². The molecule has 3 rings (SSSR count). The first-order chi connectivity index (χ1) is 15.1. The van der Waals surface area contributed by atoms with Gasteiger partial charge in [-0.05, 0) is 31.0 Å². The number of esters is 1. The lowest BCUT2D eigenvalue weighted by atomic mass is 9.99. The molecule has 0 spiro atoms. The van der Waals surface area contributed by atoms with Crippen LogP contribution in [-0.4, -0.2) is 38.1 Å². The maximum atomic E-state index is 11.9. The monoisotopic (exact) mass is 442 g/mol. The number of hydrogen-bond donors (Lipinski definition) is 0. The minimum Gasteiger partial charge on any atom is -0.497 e. The summed E-state index contributed by atoms with van der Waals surface area (Å²) in [6.07, 6.45) is 4.96. The number of carbonyl (C=O) groups excluding carboxylic acids is 1. The van der Waals surface area contributed by atoms with E-state index in [4.69, 9.17) is 18.9 Å². The Kier molecular flexibility index (Phi) is 9.00. The van der Waals surface area contributed by atoms with Gasteiger partial charge in [0.15, 0.2) is 5.79 Å². The average Bonchev–Trinajstić information content (AvgIpc) is 3.30. The average molecular weight is 443 g/mol. The molecule has 0 bridgehead atoms. The molecule has 1 heterocycles. The largest absolute Gasteiger partial charge is 0.497 e. The number of thioether (sulfide) groups is 1. The third-order valence-corrected chi connectivity index (χ3v) is 6.40. The Morgan fingerprint density at radius 3 is 2.48 bits per heavy atom. The van der Waals surface area contributed by atoms with E-state index in [0.29, 0.717) is 26.2 Å². The maximum Gasteiger partial charge on any atom is 0.330 e. The van der Waals surface area contributed by atoms with Crippen molar-refractivity contribution in [3.8, 4) is 5.75 Å². The summed E-state index contributed by atoms with van der Waals surface area (Å²) in [4.78, 5) is 11.9. The second-order valence-electron chi connectivity index (χ2n) is 7.16. The molecule has 1 atom stereocenters. The summed E-state index contributed by atoms with van der Waals surface area (Å²) >= 11 is 1.78. The quantitative estimate of drug-likeness (QED) is 0.357. The van der Waals surface area contributed by atoms with Gasteiger partial charge < -0.3 is 18.9 Å². The molecule has 2 aromatic rings. The molecule has 0 N–H and O–H groups in total. The molecule has 0 radical (unpaired) electrons. The Labute approximate surface area is 188 Å². The van der Waals surface area contributed by atoms with E-state index in [9.17, 15) is 4.79 Å². The van der Waals surface area contributed by atoms with Crippen molar-refractivity contribution in [3.05, 3.63) is 77.9 Å². The molecule has 31 heavy (non-hydrogen) atoms. The highest BCUT2D eigenvalue weighted by atomic mass is 32.2. The van der Waals surface area contributed by atoms with Gasteiger partial charge in [0.2, 0.25) is 0 Å². The fourth-order valence-corrected chi connectivity index (χ4v) is 4.54. The van der Waals surface area contributed by atoms with E-state index in [1.165, 1.54) is 11.6 Å². The molecule has 0 saturated carbocycles. The number of carbonyl (C=O) groups is 1. The standard InChI is InChI=1S/C25H30O5S/c1-3-28-24(26)14-13-23(31-19-20-9-11-22(27-2)12-10-20)15-16-25(29-17-18-30-25)21-7-5-4-6-8-21/h4-14,23H,3,15-19H2,1-2H3/b14-13+/t23-/m0/s1. The van der Waals surface area contributed by atoms with Gasteiger partial charge in [-0.3, -0.25) is 0 Å². The first-order valence-electron chi connectivity index (χ1n) is 10.6. The van der Waals surface area contributed by atoms with Crippen molar-refractivity contribution in [2.24, 2.45) is 0 Å². The van der Waals surface area contributed by atoms with Gasteiger partial charge in [0.1, 0.15) is 5.75 Å². The summed E-state index contributed by atoms with van der Waals surface area (Å²) in [6.45, 7) is 3.33. The number of hydrogen-bond acceptors (Lipinski definition) is 6. The Morgan fingerprint density at radius 1 is 1.13 bits per heavy atom. The third kappa shape index (κ3) is 6.86. The molecule has 0 aromatic heterocycles. The van der Waals surface area contributed by atoms with Crippen LogP contribution in [0.4, 0.5) is 0 Å². The second kappa shape index (κ2) is 11.9. The minimum atomic E-state index is -0.724. The van der Waals surface area contributed by atoms with Gasteiger partial charge in [-0.1, -0.05) is 48.5 Å². The molecule has 6 heteroatoms. The lowest BCUT2D eigenvalue weighted by molar-refractivity contribution is -0.171. The van der Waals surface area contributed by atoms with E-state index in [2.05, 4.69) is 12.1 Å². The third-order valence-electron chi connectivity index (χ3n) is 5.08. The van der Waals surface area contributed by atoms with Crippen molar-refractivity contribution in [1.82, 2.24) is 0 Å². The molecule has 1 fully saturated rings. The molecule has 1 aliphatic heterocycles. The van der Waals surface area contributed by atoms with Crippen molar-refractivity contribution < 1.29 is 23.7 Å². The Morgan fingerprint density at radius 2 is 1.84 bits per heavy atom. The first kappa shape index (κ1) is 23.4. The van der Waals surface area contributed by atoms with Crippen LogP contribution >= 0.6 is 11.8 Å². The Hall–Kier alpha value is -2.28. The Balaban J connectivity index is 1.68. The SMILES string of the molecule is CCOC(=O)/C=C/[C@@H](CCC1(c2ccccc2)OCCO1)SCc1ccc(OC)cc1. The van der Waals surface area contributed by atoms with Gasteiger partial charge >= 0.3 is 5.97 Å². The fourth-order valence-electron chi connectivity index (χ4n) is 3.47.